The van der Waals surface area contributed by atoms with Crippen LogP contribution in [0.15, 0.2) is 48.2 Å². The minimum atomic E-state index is 0.0741. The number of amidine groups is 1. The predicted molar refractivity (Wildman–Crippen MR) is 97.2 cm³/mol. The van der Waals surface area contributed by atoms with Crippen LogP contribution in [0.2, 0.25) is 10.0 Å². The zero-order chi connectivity index (χ0) is 16.8. The van der Waals surface area contributed by atoms with E-state index in [1.54, 1.807) is 23.1 Å². The molecule has 7 heteroatoms. The highest BCUT2D eigenvalue weighted by Gasteiger charge is 2.32. The first-order valence-electron chi connectivity index (χ1n) is 7.23. The Morgan fingerprint density at radius 1 is 1.17 bits per heavy atom. The third-order valence-electron chi connectivity index (χ3n) is 3.93. The first-order chi connectivity index (χ1) is 11.5. The number of H-pyrrole nitrogens is 1. The Kier molecular flexibility index (Phi) is 3.48. The number of hydrogen-bond donors (Lipinski definition) is 3. The smallest absolute Gasteiger partial charge is 0.145 e. The van der Waals surface area contributed by atoms with E-state index in [1.165, 1.54) is 0 Å². The number of aromatic amines is 1. The number of anilines is 1. The van der Waals surface area contributed by atoms with Crippen LogP contribution in [-0.2, 0) is 0 Å². The lowest BCUT2D eigenvalue weighted by Gasteiger charge is -2.20. The minimum absolute atomic E-state index is 0.0741. The van der Waals surface area contributed by atoms with Crippen molar-refractivity contribution in [2.45, 2.75) is 0 Å². The summed E-state index contributed by atoms with van der Waals surface area (Å²) in [6.45, 7) is 0.159. The Morgan fingerprint density at radius 2 is 1.96 bits per heavy atom. The first-order valence-corrected chi connectivity index (χ1v) is 7.99. The van der Waals surface area contributed by atoms with Crippen LogP contribution in [0.25, 0.3) is 16.6 Å². The summed E-state index contributed by atoms with van der Waals surface area (Å²) in [7, 11) is 0. The molecule has 1 aromatic heterocycles. The molecule has 2 aromatic carbocycles. The lowest BCUT2D eigenvalue weighted by Crippen LogP contribution is -2.26. The topological polar surface area (TPSA) is 76.0 Å². The molecule has 0 unspecified atom stereocenters. The third kappa shape index (κ3) is 2.33. The summed E-state index contributed by atoms with van der Waals surface area (Å²) in [6, 6.07) is 12.6. The standard InChI is InChI=1S/C17H12Cl2N4O/c18-9-5-6-13(10(19)7-9)23-8-14(24)15(16(23)20)17-21-11-3-1-2-4-12(11)22-17/h1-7,20,24H,8H2,(H,21,22). The van der Waals surface area contributed by atoms with Crippen LogP contribution in [-0.4, -0.2) is 27.5 Å². The van der Waals surface area contributed by atoms with E-state index in [0.29, 0.717) is 27.1 Å². The summed E-state index contributed by atoms with van der Waals surface area (Å²) in [5, 5.41) is 19.8. The number of nitrogens with one attached hydrogen (secondary N) is 2. The van der Waals surface area contributed by atoms with Gasteiger partial charge in [0.05, 0.1) is 33.9 Å². The summed E-state index contributed by atoms with van der Waals surface area (Å²) in [4.78, 5) is 9.23. The number of nitrogens with zero attached hydrogens (tertiary/aromatic N) is 2. The predicted octanol–water partition coefficient (Wildman–Crippen LogP) is 4.64. The Labute approximate surface area is 147 Å². The maximum Gasteiger partial charge on any atom is 0.145 e. The highest BCUT2D eigenvalue weighted by molar-refractivity contribution is 6.38. The number of aromatic nitrogens is 2. The van der Waals surface area contributed by atoms with Crippen LogP contribution in [0.5, 0.6) is 0 Å². The molecule has 0 spiro atoms. The number of benzene rings is 2. The van der Waals surface area contributed by atoms with Gasteiger partial charge in [0.15, 0.2) is 0 Å². The lowest BCUT2D eigenvalue weighted by atomic mass is 10.2. The molecule has 0 amide bonds. The van der Waals surface area contributed by atoms with Crippen molar-refractivity contribution in [2.24, 2.45) is 0 Å². The fraction of sp³-hybridized carbons (Fsp3) is 0.0588. The van der Waals surface area contributed by atoms with Crippen LogP contribution in [0.1, 0.15) is 5.82 Å². The van der Waals surface area contributed by atoms with Gasteiger partial charge in [-0.25, -0.2) is 4.98 Å². The number of aliphatic hydroxyl groups excluding tert-OH is 1. The van der Waals surface area contributed by atoms with E-state index in [1.807, 2.05) is 24.3 Å². The molecule has 5 nitrogen and oxygen atoms in total. The molecule has 2 heterocycles. The molecule has 24 heavy (non-hydrogen) atoms. The molecule has 0 atom stereocenters. The maximum atomic E-state index is 10.4. The third-order valence-corrected chi connectivity index (χ3v) is 4.47. The van der Waals surface area contributed by atoms with Gasteiger partial charge in [-0.15, -0.1) is 0 Å². The van der Waals surface area contributed by atoms with Gasteiger partial charge in [0.1, 0.15) is 17.4 Å². The number of rotatable bonds is 2. The van der Waals surface area contributed by atoms with Gasteiger partial charge in [-0.3, -0.25) is 5.41 Å². The van der Waals surface area contributed by atoms with E-state index in [0.717, 1.165) is 11.0 Å². The van der Waals surface area contributed by atoms with Gasteiger partial charge in [-0.2, -0.15) is 0 Å². The van der Waals surface area contributed by atoms with Crippen molar-refractivity contribution in [1.82, 2.24) is 9.97 Å². The van der Waals surface area contributed by atoms with Crippen molar-refractivity contribution in [1.29, 1.82) is 5.41 Å². The quantitative estimate of drug-likeness (QED) is 0.624. The molecule has 0 saturated carbocycles. The van der Waals surface area contributed by atoms with Gasteiger partial charge < -0.3 is 15.0 Å². The Hall–Kier alpha value is -2.50. The Morgan fingerprint density at radius 3 is 2.71 bits per heavy atom. The van der Waals surface area contributed by atoms with Gasteiger partial charge in [0, 0.05) is 5.02 Å². The number of imidazole rings is 1. The van der Waals surface area contributed by atoms with Crippen LogP contribution in [0.4, 0.5) is 5.69 Å². The largest absolute Gasteiger partial charge is 0.509 e. The number of para-hydroxylation sites is 2. The van der Waals surface area contributed by atoms with Gasteiger partial charge in [-0.1, -0.05) is 35.3 Å². The number of aliphatic hydroxyl groups is 1. The molecule has 0 bridgehead atoms. The van der Waals surface area contributed by atoms with Gasteiger partial charge in [0.2, 0.25) is 0 Å². The average Bonchev–Trinajstić information content (AvgIpc) is 3.08. The van der Waals surface area contributed by atoms with Crippen molar-refractivity contribution in [3.05, 3.63) is 64.1 Å². The monoisotopic (exact) mass is 358 g/mol. The second kappa shape index (κ2) is 5.54. The molecule has 0 radical (unpaired) electrons. The second-order valence-corrected chi connectivity index (χ2v) is 6.30. The normalized spacial score (nSPS) is 14.9. The van der Waals surface area contributed by atoms with E-state index < -0.39 is 0 Å². The van der Waals surface area contributed by atoms with E-state index in [4.69, 9.17) is 28.6 Å². The minimum Gasteiger partial charge on any atom is -0.509 e. The summed E-state index contributed by atoms with van der Waals surface area (Å²) < 4.78 is 0. The van der Waals surface area contributed by atoms with Crippen LogP contribution >= 0.6 is 23.2 Å². The molecule has 1 aliphatic heterocycles. The number of fused-ring (bicyclic) bond motifs is 1. The molecular weight excluding hydrogens is 347 g/mol. The van der Waals surface area contributed by atoms with E-state index in [-0.39, 0.29) is 18.1 Å². The molecular formula is C17H12Cl2N4O. The van der Waals surface area contributed by atoms with E-state index >= 15 is 0 Å². The number of hydrogen-bond acceptors (Lipinski definition) is 3. The molecule has 0 fully saturated rings. The highest BCUT2D eigenvalue weighted by atomic mass is 35.5. The summed E-state index contributed by atoms with van der Waals surface area (Å²) in [6.07, 6.45) is 0. The maximum absolute atomic E-state index is 10.4. The Bertz CT molecular complexity index is 976. The van der Waals surface area contributed by atoms with Crippen molar-refractivity contribution in [3.8, 4) is 0 Å². The number of halogens is 2. The van der Waals surface area contributed by atoms with E-state index in [9.17, 15) is 5.11 Å². The lowest BCUT2D eigenvalue weighted by molar-refractivity contribution is 0.411. The van der Waals surface area contributed by atoms with Crippen LogP contribution < -0.4 is 4.90 Å². The molecule has 4 rings (SSSR count). The molecule has 3 aromatic rings. The molecule has 0 saturated heterocycles. The molecule has 1 aliphatic rings. The van der Waals surface area contributed by atoms with Crippen molar-refractivity contribution in [2.75, 3.05) is 11.4 Å². The first kappa shape index (κ1) is 15.1. The van der Waals surface area contributed by atoms with Crippen molar-refractivity contribution >= 4 is 51.3 Å². The molecule has 3 N–H and O–H groups in total. The second-order valence-electron chi connectivity index (χ2n) is 5.45. The molecule has 120 valence electrons. The zero-order valence-corrected chi connectivity index (χ0v) is 13.9. The zero-order valence-electron chi connectivity index (χ0n) is 12.3. The summed E-state index contributed by atoms with van der Waals surface area (Å²) >= 11 is 12.2. The summed E-state index contributed by atoms with van der Waals surface area (Å²) in [5.41, 5.74) is 2.62. The van der Waals surface area contributed by atoms with Crippen LogP contribution in [0, 0.1) is 5.41 Å². The summed E-state index contributed by atoms with van der Waals surface area (Å²) in [5.74, 6) is 0.673. The fourth-order valence-corrected chi connectivity index (χ4v) is 3.32. The SMILES string of the molecule is N=C1C(c2nc3ccccc3[nH]2)=C(O)CN1c1ccc(Cl)cc1Cl. The molecule has 0 aliphatic carbocycles. The highest BCUT2D eigenvalue weighted by Crippen LogP contribution is 2.35. The Balaban J connectivity index is 1.75. The van der Waals surface area contributed by atoms with E-state index in [2.05, 4.69) is 9.97 Å². The van der Waals surface area contributed by atoms with Gasteiger partial charge >= 0.3 is 0 Å². The van der Waals surface area contributed by atoms with Gasteiger partial charge in [-0.05, 0) is 30.3 Å². The van der Waals surface area contributed by atoms with Crippen molar-refractivity contribution < 1.29 is 5.11 Å². The van der Waals surface area contributed by atoms with Gasteiger partial charge in [0.25, 0.3) is 0 Å². The average molecular weight is 359 g/mol. The fourth-order valence-electron chi connectivity index (χ4n) is 2.81. The van der Waals surface area contributed by atoms with Crippen LogP contribution in [0.3, 0.4) is 0 Å². The van der Waals surface area contributed by atoms with Crippen molar-refractivity contribution in [3.63, 3.8) is 0 Å².